The number of hydrogen-bond acceptors (Lipinski definition) is 4. The molecule has 0 radical (unpaired) electrons. The van der Waals surface area contributed by atoms with Crippen molar-refractivity contribution in [2.24, 2.45) is 0 Å². The summed E-state index contributed by atoms with van der Waals surface area (Å²) in [6.07, 6.45) is 1.04. The van der Waals surface area contributed by atoms with Gasteiger partial charge in [-0.05, 0) is 34.9 Å². The van der Waals surface area contributed by atoms with Crippen LogP contribution in [0.1, 0.15) is 21.9 Å². The van der Waals surface area contributed by atoms with Crippen LogP contribution in [0.5, 0.6) is 0 Å². The van der Waals surface area contributed by atoms with Crippen molar-refractivity contribution in [3.8, 4) is 0 Å². The van der Waals surface area contributed by atoms with Crippen molar-refractivity contribution >= 4 is 23.4 Å². The number of para-hydroxylation sites is 1. The average Bonchev–Trinajstić information content (AvgIpc) is 2.66. The molecule has 1 aliphatic heterocycles. The highest BCUT2D eigenvalue weighted by Gasteiger charge is 2.26. The second-order valence-electron chi connectivity index (χ2n) is 5.99. The van der Waals surface area contributed by atoms with Gasteiger partial charge in [-0.15, -0.1) is 11.8 Å². The summed E-state index contributed by atoms with van der Waals surface area (Å²) in [4.78, 5) is 12.7. The molecule has 0 fully saturated rings. The van der Waals surface area contributed by atoms with Crippen molar-refractivity contribution in [3.05, 3.63) is 65.2 Å². The smallest absolute Gasteiger partial charge is 0.237 e. The van der Waals surface area contributed by atoms with Crippen molar-refractivity contribution in [2.45, 2.75) is 18.2 Å². The van der Waals surface area contributed by atoms with Crippen LogP contribution in [0.25, 0.3) is 0 Å². The highest BCUT2D eigenvalue weighted by Crippen LogP contribution is 2.36. The summed E-state index contributed by atoms with van der Waals surface area (Å²) >= 11 is 1.73. The molecule has 1 amide bonds. The molecule has 3 rings (SSSR count). The standard InChI is InChI=1S/C20H24N2O2S/c1-24-12-11-21-18-9-5-3-7-16(18)14-22-20(23)19-17-8-4-2-6-15(17)10-13-25-19/h2-9,19,21H,10-14H2,1H3,(H,22,23). The average molecular weight is 356 g/mol. The fraction of sp³-hybridized carbons (Fsp3) is 0.350. The van der Waals surface area contributed by atoms with Crippen molar-refractivity contribution in [1.82, 2.24) is 5.32 Å². The Hall–Kier alpha value is -1.98. The Morgan fingerprint density at radius 1 is 1.20 bits per heavy atom. The molecule has 1 atom stereocenters. The SMILES string of the molecule is COCCNc1ccccc1CNC(=O)C1SCCc2ccccc21. The maximum Gasteiger partial charge on any atom is 0.237 e. The Morgan fingerprint density at radius 2 is 2.00 bits per heavy atom. The molecule has 132 valence electrons. The molecule has 2 N–H and O–H groups in total. The third-order valence-corrected chi connectivity index (χ3v) is 5.56. The first-order chi connectivity index (χ1) is 12.3. The quantitative estimate of drug-likeness (QED) is 0.747. The van der Waals surface area contributed by atoms with Gasteiger partial charge in [0.1, 0.15) is 5.25 Å². The summed E-state index contributed by atoms with van der Waals surface area (Å²) < 4.78 is 5.08. The van der Waals surface area contributed by atoms with E-state index in [1.54, 1.807) is 18.9 Å². The molecule has 1 heterocycles. The van der Waals surface area contributed by atoms with E-state index < -0.39 is 0 Å². The van der Waals surface area contributed by atoms with Gasteiger partial charge >= 0.3 is 0 Å². The number of anilines is 1. The zero-order valence-electron chi connectivity index (χ0n) is 14.5. The van der Waals surface area contributed by atoms with Gasteiger partial charge in [-0.25, -0.2) is 0 Å². The molecule has 4 nitrogen and oxygen atoms in total. The second kappa shape index (κ2) is 8.92. The number of amides is 1. The van der Waals surface area contributed by atoms with E-state index in [0.717, 1.165) is 35.5 Å². The molecule has 2 aromatic rings. The minimum Gasteiger partial charge on any atom is -0.383 e. The Bertz CT molecular complexity index is 720. The number of carbonyl (C=O) groups excluding carboxylic acids is 1. The molecular weight excluding hydrogens is 332 g/mol. The Morgan fingerprint density at radius 3 is 2.88 bits per heavy atom. The van der Waals surface area contributed by atoms with E-state index in [4.69, 9.17) is 4.74 Å². The van der Waals surface area contributed by atoms with Gasteiger partial charge in [0.2, 0.25) is 5.91 Å². The summed E-state index contributed by atoms with van der Waals surface area (Å²) in [5.41, 5.74) is 4.57. The fourth-order valence-corrected chi connectivity index (χ4v) is 4.24. The van der Waals surface area contributed by atoms with Gasteiger partial charge in [0.15, 0.2) is 0 Å². The van der Waals surface area contributed by atoms with E-state index in [1.807, 2.05) is 36.4 Å². The van der Waals surface area contributed by atoms with Crippen molar-refractivity contribution < 1.29 is 9.53 Å². The summed E-state index contributed by atoms with van der Waals surface area (Å²) in [6, 6.07) is 16.3. The number of carbonyl (C=O) groups is 1. The molecule has 5 heteroatoms. The monoisotopic (exact) mass is 356 g/mol. The van der Waals surface area contributed by atoms with Crippen LogP contribution in [0.2, 0.25) is 0 Å². The van der Waals surface area contributed by atoms with Gasteiger partial charge in [0.05, 0.1) is 6.61 Å². The van der Waals surface area contributed by atoms with Crippen molar-refractivity contribution in [1.29, 1.82) is 0 Å². The molecule has 0 bridgehead atoms. The van der Waals surface area contributed by atoms with Gasteiger partial charge < -0.3 is 15.4 Å². The number of aryl methyl sites for hydroxylation is 1. The lowest BCUT2D eigenvalue weighted by molar-refractivity contribution is -0.120. The Balaban J connectivity index is 1.64. The molecule has 0 aliphatic carbocycles. The number of benzene rings is 2. The van der Waals surface area contributed by atoms with Crippen molar-refractivity contribution in [3.63, 3.8) is 0 Å². The number of ether oxygens (including phenoxy) is 1. The van der Waals surface area contributed by atoms with Crippen LogP contribution in [0.3, 0.4) is 0 Å². The summed E-state index contributed by atoms with van der Waals surface area (Å²) in [5.74, 6) is 1.08. The first-order valence-corrected chi connectivity index (χ1v) is 9.62. The molecule has 0 aromatic heterocycles. The van der Waals surface area contributed by atoms with E-state index in [-0.39, 0.29) is 11.2 Å². The number of fused-ring (bicyclic) bond motifs is 1. The number of hydrogen-bond donors (Lipinski definition) is 2. The van der Waals surface area contributed by atoms with Crippen LogP contribution in [0.4, 0.5) is 5.69 Å². The number of methoxy groups -OCH3 is 1. The Kier molecular flexibility index (Phi) is 6.36. The highest BCUT2D eigenvalue weighted by atomic mass is 32.2. The molecule has 1 aliphatic rings. The predicted molar refractivity (Wildman–Crippen MR) is 104 cm³/mol. The van der Waals surface area contributed by atoms with E-state index in [2.05, 4.69) is 22.8 Å². The summed E-state index contributed by atoms with van der Waals surface area (Å²) in [7, 11) is 1.69. The van der Waals surface area contributed by atoms with Crippen LogP contribution in [0.15, 0.2) is 48.5 Å². The van der Waals surface area contributed by atoms with Crippen molar-refractivity contribution in [2.75, 3.05) is 31.3 Å². The van der Waals surface area contributed by atoms with Gasteiger partial charge in [-0.2, -0.15) is 0 Å². The Labute approximate surface area is 153 Å². The van der Waals surface area contributed by atoms with E-state index >= 15 is 0 Å². The van der Waals surface area contributed by atoms with Gasteiger partial charge in [-0.1, -0.05) is 42.5 Å². The molecule has 0 saturated carbocycles. The van der Waals surface area contributed by atoms with Crippen LogP contribution < -0.4 is 10.6 Å². The fourth-order valence-electron chi connectivity index (χ4n) is 3.02. The minimum atomic E-state index is -0.112. The topological polar surface area (TPSA) is 50.4 Å². The number of thioether (sulfide) groups is 1. The zero-order chi connectivity index (χ0) is 17.5. The molecule has 0 saturated heterocycles. The molecular formula is C20H24N2O2S. The zero-order valence-corrected chi connectivity index (χ0v) is 15.3. The maximum absolute atomic E-state index is 12.7. The van der Waals surface area contributed by atoms with Gasteiger partial charge in [0, 0.05) is 25.9 Å². The maximum atomic E-state index is 12.7. The van der Waals surface area contributed by atoms with E-state index in [0.29, 0.717) is 13.2 Å². The third-order valence-electron chi connectivity index (χ3n) is 4.32. The van der Waals surface area contributed by atoms with Gasteiger partial charge in [0.25, 0.3) is 0 Å². The molecule has 2 aromatic carbocycles. The van der Waals surface area contributed by atoms with E-state index in [1.165, 1.54) is 5.56 Å². The lowest BCUT2D eigenvalue weighted by Crippen LogP contribution is -2.30. The number of nitrogens with one attached hydrogen (secondary N) is 2. The predicted octanol–water partition coefficient (Wildman–Crippen LogP) is 3.39. The highest BCUT2D eigenvalue weighted by molar-refractivity contribution is 8.00. The summed E-state index contributed by atoms with van der Waals surface area (Å²) in [6.45, 7) is 1.91. The van der Waals surface area contributed by atoms with Gasteiger partial charge in [-0.3, -0.25) is 4.79 Å². The first kappa shape index (κ1) is 17.8. The molecule has 1 unspecified atom stereocenters. The third kappa shape index (κ3) is 4.55. The largest absolute Gasteiger partial charge is 0.383 e. The normalized spacial score (nSPS) is 16.1. The van der Waals surface area contributed by atoms with Crippen LogP contribution in [-0.2, 0) is 22.5 Å². The lowest BCUT2D eigenvalue weighted by atomic mass is 10.0. The second-order valence-corrected chi connectivity index (χ2v) is 7.21. The minimum absolute atomic E-state index is 0.0869. The van der Waals surface area contributed by atoms with E-state index in [9.17, 15) is 4.79 Å². The first-order valence-electron chi connectivity index (χ1n) is 8.57. The molecule has 25 heavy (non-hydrogen) atoms. The van der Waals surface area contributed by atoms with Crippen LogP contribution >= 0.6 is 11.8 Å². The molecule has 0 spiro atoms. The number of rotatable bonds is 7. The van der Waals surface area contributed by atoms with Crippen LogP contribution in [-0.4, -0.2) is 31.9 Å². The lowest BCUT2D eigenvalue weighted by Gasteiger charge is -2.24. The van der Waals surface area contributed by atoms with Crippen LogP contribution in [0, 0.1) is 0 Å². The summed E-state index contributed by atoms with van der Waals surface area (Å²) in [5, 5.41) is 6.35.